The van der Waals surface area contributed by atoms with Crippen molar-refractivity contribution < 1.29 is 4.79 Å². The second kappa shape index (κ2) is 4.50. The molecular weight excluding hydrogens is 294 g/mol. The van der Waals surface area contributed by atoms with Gasteiger partial charge in [0.2, 0.25) is 0 Å². The van der Waals surface area contributed by atoms with Gasteiger partial charge in [0, 0.05) is 16.1 Å². The largest absolute Gasteiger partial charge is 0.347 e. The summed E-state index contributed by atoms with van der Waals surface area (Å²) in [5, 5.41) is 4.10. The fourth-order valence-electron chi connectivity index (χ4n) is 6.50. The minimum Gasteiger partial charge on any atom is -0.347 e. The van der Waals surface area contributed by atoms with Crippen LogP contribution in [0.4, 0.5) is 0 Å². The SMILES string of the molecule is C[C@]12CC3CC(NC(=O)c4ccc(Cl)cc4)(C1)C[C@@](C)(C3)C2. The van der Waals surface area contributed by atoms with E-state index in [9.17, 15) is 4.79 Å². The molecule has 2 unspecified atom stereocenters. The number of amides is 1. The van der Waals surface area contributed by atoms with E-state index >= 15 is 0 Å². The lowest BCUT2D eigenvalue weighted by molar-refractivity contribution is -0.114. The van der Waals surface area contributed by atoms with Crippen LogP contribution < -0.4 is 5.32 Å². The van der Waals surface area contributed by atoms with E-state index < -0.39 is 0 Å². The minimum atomic E-state index is 0.0135. The molecule has 4 aliphatic carbocycles. The Labute approximate surface area is 137 Å². The van der Waals surface area contributed by atoms with Gasteiger partial charge in [0.15, 0.2) is 0 Å². The highest BCUT2D eigenvalue weighted by Crippen LogP contribution is 2.66. The minimum absolute atomic E-state index is 0.0135. The van der Waals surface area contributed by atoms with Crippen LogP contribution in [0.25, 0.3) is 0 Å². The molecular formula is C19H24ClNO. The molecule has 1 aromatic rings. The van der Waals surface area contributed by atoms with E-state index in [-0.39, 0.29) is 11.4 Å². The van der Waals surface area contributed by atoms with Gasteiger partial charge in [-0.25, -0.2) is 0 Å². The van der Waals surface area contributed by atoms with Crippen LogP contribution >= 0.6 is 11.6 Å². The van der Waals surface area contributed by atoms with E-state index in [0.29, 0.717) is 15.9 Å². The number of hydrogen-bond acceptors (Lipinski definition) is 1. The van der Waals surface area contributed by atoms with Crippen molar-refractivity contribution in [1.29, 1.82) is 0 Å². The van der Waals surface area contributed by atoms with Crippen LogP contribution in [0.2, 0.25) is 5.02 Å². The molecule has 0 radical (unpaired) electrons. The summed E-state index contributed by atoms with van der Waals surface area (Å²) in [6.07, 6.45) is 7.48. The zero-order valence-corrected chi connectivity index (χ0v) is 14.2. The van der Waals surface area contributed by atoms with Gasteiger partial charge in [-0.2, -0.15) is 0 Å². The van der Waals surface area contributed by atoms with Crippen molar-refractivity contribution in [2.45, 2.75) is 57.9 Å². The van der Waals surface area contributed by atoms with Crippen molar-refractivity contribution in [3.63, 3.8) is 0 Å². The number of benzene rings is 1. The molecule has 0 aromatic heterocycles. The maximum absolute atomic E-state index is 12.7. The van der Waals surface area contributed by atoms with E-state index in [0.717, 1.165) is 30.7 Å². The lowest BCUT2D eigenvalue weighted by atomic mass is 9.43. The quantitative estimate of drug-likeness (QED) is 0.832. The summed E-state index contributed by atoms with van der Waals surface area (Å²) in [7, 11) is 0. The summed E-state index contributed by atoms with van der Waals surface area (Å²) in [6, 6.07) is 7.22. The molecule has 4 aliphatic rings. The van der Waals surface area contributed by atoms with Crippen molar-refractivity contribution >= 4 is 17.5 Å². The van der Waals surface area contributed by atoms with Gasteiger partial charge in [0.05, 0.1) is 0 Å². The first-order chi connectivity index (χ1) is 10.3. The summed E-state index contributed by atoms with van der Waals surface area (Å²) < 4.78 is 0. The number of hydrogen-bond donors (Lipinski definition) is 1. The molecule has 0 saturated heterocycles. The van der Waals surface area contributed by atoms with E-state index in [4.69, 9.17) is 11.6 Å². The molecule has 1 N–H and O–H groups in total. The summed E-state index contributed by atoms with van der Waals surface area (Å²) in [5.41, 5.74) is 1.57. The first kappa shape index (κ1) is 14.6. The van der Waals surface area contributed by atoms with Crippen LogP contribution in [0.3, 0.4) is 0 Å². The summed E-state index contributed by atoms with van der Waals surface area (Å²) in [5.74, 6) is 0.850. The zero-order valence-electron chi connectivity index (χ0n) is 13.4. The molecule has 3 heteroatoms. The molecule has 4 bridgehead atoms. The van der Waals surface area contributed by atoms with Crippen molar-refractivity contribution in [3.8, 4) is 0 Å². The zero-order chi connectivity index (χ0) is 15.6. The third-order valence-corrected chi connectivity index (χ3v) is 6.36. The predicted octanol–water partition coefficient (Wildman–Crippen LogP) is 4.82. The van der Waals surface area contributed by atoms with Gasteiger partial charge in [0.25, 0.3) is 5.91 Å². The second-order valence-corrected chi connectivity index (χ2v) is 9.31. The molecule has 0 spiro atoms. The standard InChI is InChI=1S/C19H24ClNO/c1-17-7-13-8-18(2,10-17)12-19(9-13,11-17)21-16(22)14-3-5-15(20)6-4-14/h3-6,13H,7-12H2,1-2H3,(H,21,22)/t13?,17-,18+,19?. The highest BCUT2D eigenvalue weighted by Gasteiger charge is 2.60. The van der Waals surface area contributed by atoms with E-state index in [1.165, 1.54) is 19.3 Å². The molecule has 0 aliphatic heterocycles. The number of halogens is 1. The highest BCUT2D eigenvalue weighted by atomic mass is 35.5. The number of rotatable bonds is 2. The van der Waals surface area contributed by atoms with Gasteiger partial charge in [-0.05, 0) is 79.5 Å². The molecule has 5 rings (SSSR count). The van der Waals surface area contributed by atoms with Gasteiger partial charge >= 0.3 is 0 Å². The first-order valence-electron chi connectivity index (χ1n) is 8.37. The third-order valence-electron chi connectivity index (χ3n) is 6.11. The normalized spacial score (nSPS) is 42.4. The summed E-state index contributed by atoms with van der Waals surface area (Å²) >= 11 is 5.92. The lowest BCUT2D eigenvalue weighted by Gasteiger charge is -2.65. The third kappa shape index (κ3) is 2.36. The maximum Gasteiger partial charge on any atom is 0.251 e. The van der Waals surface area contributed by atoms with Gasteiger partial charge in [0.1, 0.15) is 0 Å². The van der Waals surface area contributed by atoms with Gasteiger partial charge < -0.3 is 5.32 Å². The molecule has 4 saturated carbocycles. The Morgan fingerprint density at radius 1 is 1.05 bits per heavy atom. The Morgan fingerprint density at radius 2 is 1.64 bits per heavy atom. The van der Waals surface area contributed by atoms with Gasteiger partial charge in [-0.15, -0.1) is 0 Å². The Balaban J connectivity index is 1.60. The van der Waals surface area contributed by atoms with Crippen LogP contribution in [-0.2, 0) is 0 Å². The molecule has 1 aromatic carbocycles. The van der Waals surface area contributed by atoms with Gasteiger partial charge in [-0.3, -0.25) is 4.79 Å². The Morgan fingerprint density at radius 3 is 2.18 bits per heavy atom. The average Bonchev–Trinajstić information content (AvgIpc) is 2.34. The fourth-order valence-corrected chi connectivity index (χ4v) is 6.63. The van der Waals surface area contributed by atoms with E-state index in [1.54, 1.807) is 12.1 Å². The Kier molecular flexibility index (Phi) is 2.98. The van der Waals surface area contributed by atoms with Crippen molar-refractivity contribution in [3.05, 3.63) is 34.9 Å². The van der Waals surface area contributed by atoms with Crippen LogP contribution in [0, 0.1) is 16.7 Å². The molecule has 1 amide bonds. The van der Waals surface area contributed by atoms with Crippen molar-refractivity contribution in [1.82, 2.24) is 5.32 Å². The molecule has 22 heavy (non-hydrogen) atoms. The number of carbonyl (C=O) groups is 1. The number of nitrogens with one attached hydrogen (secondary N) is 1. The topological polar surface area (TPSA) is 29.1 Å². The van der Waals surface area contributed by atoms with Gasteiger partial charge in [-0.1, -0.05) is 25.4 Å². The molecule has 0 heterocycles. The van der Waals surface area contributed by atoms with Crippen LogP contribution in [0.5, 0.6) is 0 Å². The second-order valence-electron chi connectivity index (χ2n) is 8.87. The fraction of sp³-hybridized carbons (Fsp3) is 0.632. The van der Waals surface area contributed by atoms with E-state index in [2.05, 4.69) is 19.2 Å². The van der Waals surface area contributed by atoms with E-state index in [1.807, 2.05) is 12.1 Å². The first-order valence-corrected chi connectivity index (χ1v) is 8.75. The summed E-state index contributed by atoms with van der Waals surface area (Å²) in [4.78, 5) is 12.7. The van der Waals surface area contributed by atoms with Crippen LogP contribution in [0.15, 0.2) is 24.3 Å². The monoisotopic (exact) mass is 317 g/mol. The Bertz CT molecular complexity index is 605. The predicted molar refractivity (Wildman–Crippen MR) is 89.1 cm³/mol. The summed E-state index contributed by atoms with van der Waals surface area (Å²) in [6.45, 7) is 4.86. The molecule has 4 fully saturated rings. The molecule has 2 nitrogen and oxygen atoms in total. The molecule has 118 valence electrons. The average molecular weight is 318 g/mol. The van der Waals surface area contributed by atoms with Crippen LogP contribution in [0.1, 0.15) is 62.7 Å². The Hall–Kier alpha value is -1.02. The van der Waals surface area contributed by atoms with Crippen molar-refractivity contribution in [2.24, 2.45) is 16.7 Å². The van der Waals surface area contributed by atoms with Crippen molar-refractivity contribution in [2.75, 3.05) is 0 Å². The molecule has 4 atom stereocenters. The highest BCUT2D eigenvalue weighted by molar-refractivity contribution is 6.30. The maximum atomic E-state index is 12.7. The number of carbonyl (C=O) groups excluding carboxylic acids is 1. The van der Waals surface area contributed by atoms with Crippen LogP contribution in [-0.4, -0.2) is 11.4 Å². The lowest BCUT2D eigenvalue weighted by Crippen LogP contribution is -2.65. The smallest absolute Gasteiger partial charge is 0.251 e.